The molecule has 0 aromatic heterocycles. The molecule has 0 heterocycles. The van der Waals surface area contributed by atoms with Gasteiger partial charge in [-0.2, -0.15) is 0 Å². The summed E-state index contributed by atoms with van der Waals surface area (Å²) in [7, 11) is 1.47. The van der Waals surface area contributed by atoms with Crippen molar-refractivity contribution in [3.63, 3.8) is 0 Å². The van der Waals surface area contributed by atoms with Crippen LogP contribution in [-0.2, 0) is 4.79 Å². The Morgan fingerprint density at radius 3 is 2.39 bits per heavy atom. The molecule has 23 heavy (non-hydrogen) atoms. The molecular weight excluding hydrogens is 298 g/mol. The zero-order valence-corrected chi connectivity index (χ0v) is 12.6. The number of carbonyl (C=O) groups is 1. The predicted molar refractivity (Wildman–Crippen MR) is 86.3 cm³/mol. The van der Waals surface area contributed by atoms with Crippen molar-refractivity contribution in [3.8, 4) is 5.75 Å². The third kappa shape index (κ3) is 3.74. The standard InChI is InChI=1S/C17H15NO5/c1-11-3-8-16(23-2)14(9-11)15(17(19)20)10-12-4-6-13(7-5-12)18(21)22/h3-10H,1-2H3,(H,19,20)/b15-10-. The van der Waals surface area contributed by atoms with Gasteiger partial charge in [0.1, 0.15) is 5.75 Å². The summed E-state index contributed by atoms with van der Waals surface area (Å²) < 4.78 is 5.23. The highest BCUT2D eigenvalue weighted by atomic mass is 16.6. The van der Waals surface area contributed by atoms with Crippen molar-refractivity contribution >= 4 is 23.3 Å². The molecule has 0 unspecified atom stereocenters. The first kappa shape index (κ1) is 16.2. The number of carboxylic acid groups (broad SMARTS) is 1. The summed E-state index contributed by atoms with van der Waals surface area (Å²) in [6, 6.07) is 10.9. The first-order chi connectivity index (χ1) is 10.9. The van der Waals surface area contributed by atoms with Crippen molar-refractivity contribution < 1.29 is 19.6 Å². The van der Waals surface area contributed by atoms with Crippen LogP contribution in [0.2, 0.25) is 0 Å². The Morgan fingerprint density at radius 1 is 1.22 bits per heavy atom. The smallest absolute Gasteiger partial charge is 0.336 e. The summed E-state index contributed by atoms with van der Waals surface area (Å²) in [4.78, 5) is 21.8. The molecule has 0 amide bonds. The Balaban J connectivity index is 2.52. The number of aliphatic carboxylic acids is 1. The average Bonchev–Trinajstić information content (AvgIpc) is 2.52. The molecule has 2 aromatic carbocycles. The summed E-state index contributed by atoms with van der Waals surface area (Å²) >= 11 is 0. The number of hydrogen-bond acceptors (Lipinski definition) is 4. The molecule has 2 aromatic rings. The minimum atomic E-state index is -1.10. The van der Waals surface area contributed by atoms with Gasteiger partial charge in [0.15, 0.2) is 0 Å². The van der Waals surface area contributed by atoms with Crippen LogP contribution in [0.25, 0.3) is 11.6 Å². The Morgan fingerprint density at radius 2 is 1.87 bits per heavy atom. The number of nitrogens with zero attached hydrogens (tertiary/aromatic N) is 1. The zero-order chi connectivity index (χ0) is 17.0. The van der Waals surface area contributed by atoms with E-state index in [1.54, 1.807) is 12.1 Å². The third-order valence-corrected chi connectivity index (χ3v) is 3.29. The molecular formula is C17H15NO5. The normalized spacial score (nSPS) is 11.1. The third-order valence-electron chi connectivity index (χ3n) is 3.29. The summed E-state index contributed by atoms with van der Waals surface area (Å²) in [5.41, 5.74) is 1.91. The summed E-state index contributed by atoms with van der Waals surface area (Å²) in [6.45, 7) is 1.86. The van der Waals surface area contributed by atoms with E-state index in [9.17, 15) is 20.0 Å². The molecule has 6 nitrogen and oxygen atoms in total. The molecule has 0 spiro atoms. The van der Waals surface area contributed by atoms with E-state index in [-0.39, 0.29) is 11.3 Å². The quantitative estimate of drug-likeness (QED) is 0.394. The topological polar surface area (TPSA) is 89.7 Å². The van der Waals surface area contributed by atoms with Gasteiger partial charge in [-0.05, 0) is 42.8 Å². The van der Waals surface area contributed by atoms with Gasteiger partial charge in [0.05, 0.1) is 17.6 Å². The summed E-state index contributed by atoms with van der Waals surface area (Å²) in [6.07, 6.45) is 1.46. The number of hydrogen-bond donors (Lipinski definition) is 1. The number of benzene rings is 2. The number of nitro benzene ring substituents is 1. The lowest BCUT2D eigenvalue weighted by molar-refractivity contribution is -0.384. The van der Waals surface area contributed by atoms with E-state index in [1.165, 1.54) is 37.5 Å². The lowest BCUT2D eigenvalue weighted by Crippen LogP contribution is -2.02. The minimum absolute atomic E-state index is 0.0489. The fraction of sp³-hybridized carbons (Fsp3) is 0.118. The number of ether oxygens (including phenoxy) is 1. The molecule has 0 aliphatic rings. The highest BCUT2D eigenvalue weighted by Gasteiger charge is 2.16. The molecule has 118 valence electrons. The van der Waals surface area contributed by atoms with E-state index in [4.69, 9.17) is 4.74 Å². The highest BCUT2D eigenvalue weighted by molar-refractivity contribution is 6.21. The molecule has 0 radical (unpaired) electrons. The molecule has 2 rings (SSSR count). The molecule has 6 heteroatoms. The average molecular weight is 313 g/mol. The molecule has 0 aliphatic heterocycles. The van der Waals surface area contributed by atoms with Crippen molar-refractivity contribution in [1.82, 2.24) is 0 Å². The van der Waals surface area contributed by atoms with Crippen LogP contribution < -0.4 is 4.74 Å². The molecule has 0 aliphatic carbocycles. The molecule has 0 atom stereocenters. The van der Waals surface area contributed by atoms with Crippen molar-refractivity contribution in [2.75, 3.05) is 7.11 Å². The largest absolute Gasteiger partial charge is 0.496 e. The van der Waals surface area contributed by atoms with Crippen LogP contribution in [0.15, 0.2) is 42.5 Å². The van der Waals surface area contributed by atoms with Crippen LogP contribution in [0.4, 0.5) is 5.69 Å². The molecule has 0 bridgehead atoms. The van der Waals surface area contributed by atoms with Gasteiger partial charge in [-0.1, -0.05) is 11.6 Å². The fourth-order valence-corrected chi connectivity index (χ4v) is 2.15. The van der Waals surface area contributed by atoms with Crippen molar-refractivity contribution in [2.45, 2.75) is 6.92 Å². The van der Waals surface area contributed by atoms with Gasteiger partial charge in [-0.3, -0.25) is 10.1 Å². The Labute approximate surface area is 132 Å². The van der Waals surface area contributed by atoms with Gasteiger partial charge in [0.2, 0.25) is 0 Å². The van der Waals surface area contributed by atoms with Crippen molar-refractivity contribution in [1.29, 1.82) is 0 Å². The van der Waals surface area contributed by atoms with Crippen molar-refractivity contribution in [2.24, 2.45) is 0 Å². The maximum absolute atomic E-state index is 11.6. The summed E-state index contributed by atoms with van der Waals surface area (Å²) in [5, 5.41) is 20.2. The van der Waals surface area contributed by atoms with Gasteiger partial charge in [0, 0.05) is 17.7 Å². The number of rotatable bonds is 5. The summed E-state index contributed by atoms with van der Waals surface area (Å²) in [5.74, 6) is -0.654. The molecule has 0 fully saturated rings. The maximum atomic E-state index is 11.6. The Hall–Kier alpha value is -3.15. The predicted octanol–water partition coefficient (Wildman–Crippen LogP) is 3.54. The van der Waals surface area contributed by atoms with E-state index in [1.807, 2.05) is 13.0 Å². The number of nitro groups is 1. The highest BCUT2D eigenvalue weighted by Crippen LogP contribution is 2.29. The lowest BCUT2D eigenvalue weighted by atomic mass is 10.00. The van der Waals surface area contributed by atoms with Crippen LogP contribution in [0.5, 0.6) is 5.75 Å². The van der Waals surface area contributed by atoms with Gasteiger partial charge in [0.25, 0.3) is 5.69 Å². The Kier molecular flexibility index (Phi) is 4.75. The first-order valence-corrected chi connectivity index (χ1v) is 6.77. The second-order valence-electron chi connectivity index (χ2n) is 4.92. The molecule has 1 N–H and O–H groups in total. The van der Waals surface area contributed by atoms with Crippen LogP contribution in [-0.4, -0.2) is 23.1 Å². The number of non-ortho nitro benzene ring substituents is 1. The van der Waals surface area contributed by atoms with Crippen LogP contribution in [0, 0.1) is 17.0 Å². The van der Waals surface area contributed by atoms with E-state index < -0.39 is 10.9 Å². The second kappa shape index (κ2) is 6.74. The first-order valence-electron chi connectivity index (χ1n) is 6.77. The molecule has 0 saturated heterocycles. The van der Waals surface area contributed by atoms with E-state index in [0.29, 0.717) is 16.9 Å². The van der Waals surface area contributed by atoms with E-state index >= 15 is 0 Å². The van der Waals surface area contributed by atoms with E-state index in [2.05, 4.69) is 0 Å². The zero-order valence-electron chi connectivity index (χ0n) is 12.6. The van der Waals surface area contributed by atoms with Gasteiger partial charge >= 0.3 is 5.97 Å². The Bertz CT molecular complexity index is 778. The van der Waals surface area contributed by atoms with Crippen LogP contribution in [0.3, 0.4) is 0 Å². The molecule has 0 saturated carbocycles. The maximum Gasteiger partial charge on any atom is 0.336 e. The van der Waals surface area contributed by atoms with Gasteiger partial charge in [-0.15, -0.1) is 0 Å². The number of carboxylic acids is 1. The van der Waals surface area contributed by atoms with E-state index in [0.717, 1.165) is 5.56 Å². The number of methoxy groups -OCH3 is 1. The lowest BCUT2D eigenvalue weighted by Gasteiger charge is -2.10. The van der Waals surface area contributed by atoms with Crippen LogP contribution in [0.1, 0.15) is 16.7 Å². The SMILES string of the molecule is COc1ccc(C)cc1/C(=C/c1ccc([N+](=O)[O-])cc1)C(=O)O. The van der Waals surface area contributed by atoms with Crippen LogP contribution >= 0.6 is 0 Å². The van der Waals surface area contributed by atoms with Crippen molar-refractivity contribution in [3.05, 3.63) is 69.3 Å². The number of aryl methyl sites for hydroxylation is 1. The van der Waals surface area contributed by atoms with Gasteiger partial charge < -0.3 is 9.84 Å². The minimum Gasteiger partial charge on any atom is -0.496 e. The fourth-order valence-electron chi connectivity index (χ4n) is 2.15. The second-order valence-corrected chi connectivity index (χ2v) is 4.92. The van der Waals surface area contributed by atoms with Gasteiger partial charge in [-0.25, -0.2) is 4.79 Å². The monoisotopic (exact) mass is 313 g/mol.